The summed E-state index contributed by atoms with van der Waals surface area (Å²) < 4.78 is 0. The van der Waals surface area contributed by atoms with Crippen LogP contribution in [0.15, 0.2) is 36.4 Å². The van der Waals surface area contributed by atoms with Crippen molar-refractivity contribution in [1.29, 1.82) is 0 Å². The van der Waals surface area contributed by atoms with Crippen LogP contribution in [0.25, 0.3) is 0 Å². The first-order chi connectivity index (χ1) is 10.2. The van der Waals surface area contributed by atoms with Crippen LogP contribution < -0.4 is 4.90 Å². The second-order valence-corrected chi connectivity index (χ2v) is 5.56. The van der Waals surface area contributed by atoms with E-state index < -0.39 is 0 Å². The van der Waals surface area contributed by atoms with Crippen LogP contribution >= 0.6 is 0 Å². The first-order valence-electron chi connectivity index (χ1n) is 7.58. The molecule has 2 amide bonds. The van der Waals surface area contributed by atoms with Gasteiger partial charge < -0.3 is 9.80 Å². The Morgan fingerprint density at radius 2 is 2.05 bits per heavy atom. The first kappa shape index (κ1) is 13.9. The Labute approximate surface area is 125 Å². The number of amides is 2. The molecule has 2 heterocycles. The number of rotatable bonds is 3. The fourth-order valence-electron chi connectivity index (χ4n) is 3.03. The van der Waals surface area contributed by atoms with E-state index in [1.165, 1.54) is 0 Å². The second kappa shape index (κ2) is 5.72. The average Bonchev–Trinajstić information content (AvgIpc) is 3.15. The summed E-state index contributed by atoms with van der Waals surface area (Å²) in [4.78, 5) is 27.9. The van der Waals surface area contributed by atoms with Crippen LogP contribution in [0.2, 0.25) is 0 Å². The molecule has 2 aliphatic heterocycles. The van der Waals surface area contributed by atoms with Crippen LogP contribution in [0.5, 0.6) is 0 Å². The molecule has 0 spiro atoms. The van der Waals surface area contributed by atoms with Crippen LogP contribution in [-0.4, -0.2) is 35.8 Å². The molecule has 0 N–H and O–H groups in total. The van der Waals surface area contributed by atoms with E-state index in [1.807, 2.05) is 35.2 Å². The van der Waals surface area contributed by atoms with E-state index in [0.29, 0.717) is 18.5 Å². The van der Waals surface area contributed by atoms with Crippen LogP contribution in [0.1, 0.15) is 36.5 Å². The maximum atomic E-state index is 12.5. The van der Waals surface area contributed by atoms with Gasteiger partial charge in [-0.1, -0.05) is 19.1 Å². The van der Waals surface area contributed by atoms with Crippen molar-refractivity contribution in [2.45, 2.75) is 32.2 Å². The van der Waals surface area contributed by atoms with E-state index in [1.54, 1.807) is 4.90 Å². The van der Waals surface area contributed by atoms with E-state index in [4.69, 9.17) is 0 Å². The van der Waals surface area contributed by atoms with Crippen LogP contribution in [0, 0.1) is 0 Å². The molecule has 4 heteroatoms. The Bertz CT molecular complexity index is 577. The molecule has 1 aromatic carbocycles. The number of hydrogen-bond acceptors (Lipinski definition) is 2. The van der Waals surface area contributed by atoms with E-state index >= 15 is 0 Å². The van der Waals surface area contributed by atoms with E-state index in [-0.39, 0.29) is 17.9 Å². The van der Waals surface area contributed by atoms with Gasteiger partial charge in [-0.15, -0.1) is 0 Å². The summed E-state index contributed by atoms with van der Waals surface area (Å²) in [6.45, 7) is 3.55. The van der Waals surface area contributed by atoms with Gasteiger partial charge in [0.1, 0.15) is 0 Å². The summed E-state index contributed by atoms with van der Waals surface area (Å²) in [7, 11) is 0. The predicted octanol–water partition coefficient (Wildman–Crippen LogP) is 2.60. The second-order valence-electron chi connectivity index (χ2n) is 5.56. The summed E-state index contributed by atoms with van der Waals surface area (Å²) in [6, 6.07) is 7.61. The number of carbonyl (C=O) groups excluding carboxylic acids is 2. The number of nitrogens with zero attached hydrogens (tertiary/aromatic N) is 2. The van der Waals surface area contributed by atoms with Gasteiger partial charge in [0.05, 0.1) is 6.04 Å². The van der Waals surface area contributed by atoms with Crippen LogP contribution in [0.3, 0.4) is 0 Å². The van der Waals surface area contributed by atoms with Crippen molar-refractivity contribution in [3.63, 3.8) is 0 Å². The highest BCUT2D eigenvalue weighted by molar-refractivity contribution is 5.97. The summed E-state index contributed by atoms with van der Waals surface area (Å²) in [5.41, 5.74) is 1.58. The average molecular weight is 284 g/mol. The normalized spacial score (nSPS) is 21.4. The number of hydrogen-bond donors (Lipinski definition) is 0. The zero-order chi connectivity index (χ0) is 14.8. The molecule has 1 unspecified atom stereocenters. The Hall–Kier alpha value is -2.10. The van der Waals surface area contributed by atoms with Gasteiger partial charge in [0.25, 0.3) is 5.91 Å². The van der Waals surface area contributed by atoms with Gasteiger partial charge in [0.2, 0.25) is 5.91 Å². The van der Waals surface area contributed by atoms with Crippen molar-refractivity contribution < 1.29 is 9.59 Å². The highest BCUT2D eigenvalue weighted by Crippen LogP contribution is 2.23. The summed E-state index contributed by atoms with van der Waals surface area (Å²) >= 11 is 0. The van der Waals surface area contributed by atoms with Crippen molar-refractivity contribution in [1.82, 2.24) is 4.90 Å². The Kier molecular flexibility index (Phi) is 3.78. The van der Waals surface area contributed by atoms with Crippen molar-refractivity contribution >= 4 is 17.5 Å². The smallest absolute Gasteiger partial charge is 0.254 e. The quantitative estimate of drug-likeness (QED) is 0.801. The largest absolute Gasteiger partial charge is 0.329 e. The van der Waals surface area contributed by atoms with Crippen molar-refractivity contribution in [3.8, 4) is 0 Å². The zero-order valence-corrected chi connectivity index (χ0v) is 12.3. The number of carbonyl (C=O) groups is 2. The minimum absolute atomic E-state index is 0.0612. The van der Waals surface area contributed by atoms with E-state index in [0.717, 1.165) is 25.1 Å². The molecule has 21 heavy (non-hydrogen) atoms. The molecule has 1 fully saturated rings. The lowest BCUT2D eigenvalue weighted by atomic mass is 10.1. The molecule has 1 aromatic rings. The van der Waals surface area contributed by atoms with Gasteiger partial charge in [-0.2, -0.15) is 0 Å². The Morgan fingerprint density at radius 3 is 2.67 bits per heavy atom. The number of anilines is 1. The van der Waals surface area contributed by atoms with Crippen molar-refractivity contribution in [3.05, 3.63) is 42.0 Å². The van der Waals surface area contributed by atoms with Crippen molar-refractivity contribution in [2.75, 3.05) is 18.0 Å². The summed E-state index contributed by atoms with van der Waals surface area (Å²) in [5, 5.41) is 0. The highest BCUT2D eigenvalue weighted by atomic mass is 16.2. The molecule has 1 saturated heterocycles. The van der Waals surface area contributed by atoms with Gasteiger partial charge in [-0.05, 0) is 37.1 Å². The standard InChI is InChI=1S/C17H20N2O2/c1-2-14-5-3-12-19(14)17(21)13-7-9-15(10-8-13)18-11-4-6-16(18)20/h3,5,7-10,14H,2,4,6,11-12H2,1H3. The van der Waals surface area contributed by atoms with Crippen molar-refractivity contribution in [2.24, 2.45) is 0 Å². The molecule has 1 atom stereocenters. The number of benzene rings is 1. The molecule has 0 aliphatic carbocycles. The molecule has 4 nitrogen and oxygen atoms in total. The Balaban J connectivity index is 1.75. The van der Waals surface area contributed by atoms with Crippen LogP contribution in [-0.2, 0) is 4.79 Å². The molecule has 0 saturated carbocycles. The van der Waals surface area contributed by atoms with Gasteiger partial charge in [-0.3, -0.25) is 9.59 Å². The topological polar surface area (TPSA) is 40.6 Å². The fraction of sp³-hybridized carbons (Fsp3) is 0.412. The molecule has 0 aromatic heterocycles. The lowest BCUT2D eigenvalue weighted by Gasteiger charge is -2.24. The zero-order valence-electron chi connectivity index (χ0n) is 12.3. The maximum absolute atomic E-state index is 12.5. The van der Waals surface area contributed by atoms with E-state index in [2.05, 4.69) is 13.0 Å². The first-order valence-corrected chi connectivity index (χ1v) is 7.58. The monoisotopic (exact) mass is 284 g/mol. The molecule has 0 bridgehead atoms. The van der Waals surface area contributed by atoms with Gasteiger partial charge in [0.15, 0.2) is 0 Å². The molecule has 110 valence electrons. The highest BCUT2D eigenvalue weighted by Gasteiger charge is 2.25. The lowest BCUT2D eigenvalue weighted by molar-refractivity contribution is -0.117. The van der Waals surface area contributed by atoms with Gasteiger partial charge in [-0.25, -0.2) is 0 Å². The minimum Gasteiger partial charge on any atom is -0.329 e. The lowest BCUT2D eigenvalue weighted by Crippen LogP contribution is -2.35. The maximum Gasteiger partial charge on any atom is 0.254 e. The third-order valence-corrected chi connectivity index (χ3v) is 4.24. The Morgan fingerprint density at radius 1 is 1.29 bits per heavy atom. The van der Waals surface area contributed by atoms with Gasteiger partial charge >= 0.3 is 0 Å². The molecule has 2 aliphatic rings. The van der Waals surface area contributed by atoms with Gasteiger partial charge in [0, 0.05) is 30.8 Å². The third-order valence-electron chi connectivity index (χ3n) is 4.24. The molecular formula is C17H20N2O2. The SMILES string of the molecule is CCC1C=CCN1C(=O)c1ccc(N2CCCC2=O)cc1. The summed E-state index contributed by atoms with van der Waals surface area (Å²) in [6.07, 6.45) is 6.61. The van der Waals surface area contributed by atoms with Crippen LogP contribution in [0.4, 0.5) is 5.69 Å². The fourth-order valence-corrected chi connectivity index (χ4v) is 3.03. The molecular weight excluding hydrogens is 264 g/mol. The predicted molar refractivity (Wildman–Crippen MR) is 82.3 cm³/mol. The van der Waals surface area contributed by atoms with E-state index in [9.17, 15) is 9.59 Å². The molecule has 0 radical (unpaired) electrons. The third kappa shape index (κ3) is 2.58. The molecule has 3 rings (SSSR count). The summed E-state index contributed by atoms with van der Waals surface area (Å²) in [5.74, 6) is 0.231. The minimum atomic E-state index is 0.0612.